The maximum Gasteiger partial charge on any atom is 0.251 e. The standard InChI is InChI=1S/C10H11N5O/c1-6-2-3-8(11)10(14-6)15-5-7(4-13-15)9(12)16/h2-5H,11H2,1H3,(H2,12,16). The van der Waals surface area contributed by atoms with Crippen LogP contribution in [-0.2, 0) is 0 Å². The number of pyridine rings is 1. The topological polar surface area (TPSA) is 99.8 Å². The van der Waals surface area contributed by atoms with Gasteiger partial charge in [0.25, 0.3) is 5.91 Å². The lowest BCUT2D eigenvalue weighted by Crippen LogP contribution is -2.10. The second-order valence-electron chi connectivity index (χ2n) is 3.40. The molecule has 16 heavy (non-hydrogen) atoms. The molecule has 0 bridgehead atoms. The SMILES string of the molecule is Cc1ccc(N)c(-n2cc(C(N)=O)cn2)n1. The Morgan fingerprint density at radius 2 is 2.19 bits per heavy atom. The number of aryl methyl sites for hydroxylation is 1. The Hall–Kier alpha value is -2.37. The van der Waals surface area contributed by atoms with Gasteiger partial charge in [-0.15, -0.1) is 0 Å². The van der Waals surface area contributed by atoms with Crippen molar-refractivity contribution >= 4 is 11.6 Å². The van der Waals surface area contributed by atoms with E-state index in [1.54, 1.807) is 12.1 Å². The zero-order valence-corrected chi connectivity index (χ0v) is 8.71. The van der Waals surface area contributed by atoms with E-state index in [0.717, 1.165) is 5.69 Å². The highest BCUT2D eigenvalue weighted by molar-refractivity contribution is 5.92. The minimum Gasteiger partial charge on any atom is -0.396 e. The zero-order chi connectivity index (χ0) is 11.7. The summed E-state index contributed by atoms with van der Waals surface area (Å²) in [7, 11) is 0. The molecule has 0 aliphatic carbocycles. The van der Waals surface area contributed by atoms with Crippen LogP contribution in [0.2, 0.25) is 0 Å². The molecule has 6 heteroatoms. The summed E-state index contributed by atoms with van der Waals surface area (Å²) in [6.45, 7) is 1.85. The summed E-state index contributed by atoms with van der Waals surface area (Å²) < 4.78 is 1.43. The molecule has 2 aromatic rings. The van der Waals surface area contributed by atoms with Crippen LogP contribution in [0.15, 0.2) is 24.5 Å². The average molecular weight is 217 g/mol. The van der Waals surface area contributed by atoms with E-state index >= 15 is 0 Å². The molecule has 6 nitrogen and oxygen atoms in total. The molecule has 1 amide bonds. The summed E-state index contributed by atoms with van der Waals surface area (Å²) in [5, 5.41) is 3.98. The largest absolute Gasteiger partial charge is 0.396 e. The Bertz CT molecular complexity index is 546. The van der Waals surface area contributed by atoms with Gasteiger partial charge in [0.15, 0.2) is 5.82 Å². The van der Waals surface area contributed by atoms with Crippen molar-refractivity contribution < 1.29 is 4.79 Å². The van der Waals surface area contributed by atoms with Crippen LogP contribution in [0.3, 0.4) is 0 Å². The van der Waals surface area contributed by atoms with Crippen LogP contribution < -0.4 is 11.5 Å². The van der Waals surface area contributed by atoms with Crippen LogP contribution in [-0.4, -0.2) is 20.7 Å². The number of rotatable bonds is 2. The monoisotopic (exact) mass is 217 g/mol. The van der Waals surface area contributed by atoms with E-state index in [4.69, 9.17) is 11.5 Å². The third-order valence-corrected chi connectivity index (χ3v) is 2.13. The predicted octanol–water partition coefficient (Wildman–Crippen LogP) is 0.257. The number of nitrogens with two attached hydrogens (primary N) is 2. The van der Waals surface area contributed by atoms with Crippen molar-refractivity contribution in [1.29, 1.82) is 0 Å². The molecular formula is C10H11N5O. The molecule has 0 unspecified atom stereocenters. The Labute approximate surface area is 91.9 Å². The molecule has 82 valence electrons. The molecule has 0 fully saturated rings. The van der Waals surface area contributed by atoms with Crippen LogP contribution in [0.1, 0.15) is 16.1 Å². The van der Waals surface area contributed by atoms with Crippen LogP contribution in [0, 0.1) is 6.92 Å². The number of hydrogen-bond donors (Lipinski definition) is 2. The molecule has 2 aromatic heterocycles. The first-order valence-electron chi connectivity index (χ1n) is 4.66. The smallest absolute Gasteiger partial charge is 0.251 e. The molecule has 0 saturated heterocycles. The molecule has 0 atom stereocenters. The van der Waals surface area contributed by atoms with Crippen molar-refractivity contribution in [3.63, 3.8) is 0 Å². The van der Waals surface area contributed by atoms with Crippen LogP contribution in [0.4, 0.5) is 5.69 Å². The van der Waals surface area contributed by atoms with Crippen LogP contribution in [0.5, 0.6) is 0 Å². The fourth-order valence-corrected chi connectivity index (χ4v) is 1.30. The third-order valence-electron chi connectivity index (χ3n) is 2.13. The molecule has 4 N–H and O–H groups in total. The van der Waals surface area contributed by atoms with Gasteiger partial charge in [-0.2, -0.15) is 5.10 Å². The Kier molecular flexibility index (Phi) is 2.32. The molecule has 0 radical (unpaired) electrons. The summed E-state index contributed by atoms with van der Waals surface area (Å²) in [4.78, 5) is 15.2. The second kappa shape index (κ2) is 3.65. The van der Waals surface area contributed by atoms with E-state index in [0.29, 0.717) is 17.1 Å². The van der Waals surface area contributed by atoms with Gasteiger partial charge in [-0.3, -0.25) is 4.79 Å². The fraction of sp³-hybridized carbons (Fsp3) is 0.100. The summed E-state index contributed by atoms with van der Waals surface area (Å²) in [6, 6.07) is 3.54. The summed E-state index contributed by atoms with van der Waals surface area (Å²) in [5.74, 6) is -0.0371. The number of nitrogen functional groups attached to an aromatic ring is 1. The van der Waals surface area contributed by atoms with E-state index in [9.17, 15) is 4.79 Å². The Morgan fingerprint density at radius 3 is 2.81 bits per heavy atom. The number of carbonyl (C=O) groups is 1. The fourth-order valence-electron chi connectivity index (χ4n) is 1.30. The number of hydrogen-bond acceptors (Lipinski definition) is 4. The summed E-state index contributed by atoms with van der Waals surface area (Å²) in [6.07, 6.45) is 2.88. The van der Waals surface area contributed by atoms with Gasteiger partial charge < -0.3 is 11.5 Å². The molecule has 0 saturated carbocycles. The molecule has 0 aliphatic rings. The number of carbonyl (C=O) groups excluding carboxylic acids is 1. The van der Waals surface area contributed by atoms with Gasteiger partial charge in [0, 0.05) is 11.9 Å². The molecule has 0 aliphatic heterocycles. The average Bonchev–Trinajstić information content (AvgIpc) is 2.70. The lowest BCUT2D eigenvalue weighted by atomic mass is 10.3. The van der Waals surface area contributed by atoms with E-state index in [1.807, 2.05) is 6.92 Å². The van der Waals surface area contributed by atoms with Crippen molar-refractivity contribution in [3.05, 3.63) is 35.8 Å². The van der Waals surface area contributed by atoms with Crippen molar-refractivity contribution in [1.82, 2.24) is 14.8 Å². The highest BCUT2D eigenvalue weighted by atomic mass is 16.1. The highest BCUT2D eigenvalue weighted by Crippen LogP contribution is 2.14. The van der Waals surface area contributed by atoms with Crippen molar-refractivity contribution in [2.75, 3.05) is 5.73 Å². The first kappa shape index (κ1) is 10.2. The first-order chi connectivity index (χ1) is 7.58. The normalized spacial score (nSPS) is 10.3. The van der Waals surface area contributed by atoms with Gasteiger partial charge >= 0.3 is 0 Å². The van der Waals surface area contributed by atoms with Gasteiger partial charge in [0.2, 0.25) is 0 Å². The lowest BCUT2D eigenvalue weighted by Gasteiger charge is -2.04. The van der Waals surface area contributed by atoms with Crippen molar-refractivity contribution in [2.45, 2.75) is 6.92 Å². The van der Waals surface area contributed by atoms with Gasteiger partial charge in [0.05, 0.1) is 17.4 Å². The van der Waals surface area contributed by atoms with E-state index in [-0.39, 0.29) is 0 Å². The molecule has 0 spiro atoms. The predicted molar refractivity (Wildman–Crippen MR) is 59.0 cm³/mol. The number of anilines is 1. The van der Waals surface area contributed by atoms with Crippen molar-refractivity contribution in [2.24, 2.45) is 5.73 Å². The number of nitrogens with zero attached hydrogens (tertiary/aromatic N) is 3. The molecule has 0 aromatic carbocycles. The van der Waals surface area contributed by atoms with Gasteiger partial charge in [-0.05, 0) is 19.1 Å². The van der Waals surface area contributed by atoms with E-state index in [1.165, 1.54) is 17.1 Å². The molecule has 2 rings (SSSR count). The summed E-state index contributed by atoms with van der Waals surface area (Å²) >= 11 is 0. The Morgan fingerprint density at radius 1 is 1.44 bits per heavy atom. The maximum absolute atomic E-state index is 10.9. The van der Waals surface area contributed by atoms with E-state index in [2.05, 4.69) is 10.1 Å². The lowest BCUT2D eigenvalue weighted by molar-refractivity contribution is 0.100. The number of amides is 1. The minimum absolute atomic E-state index is 0.322. The first-order valence-corrected chi connectivity index (χ1v) is 4.66. The van der Waals surface area contributed by atoms with Crippen LogP contribution in [0.25, 0.3) is 5.82 Å². The van der Waals surface area contributed by atoms with Crippen LogP contribution >= 0.6 is 0 Å². The zero-order valence-electron chi connectivity index (χ0n) is 8.71. The highest BCUT2D eigenvalue weighted by Gasteiger charge is 2.08. The van der Waals surface area contributed by atoms with E-state index < -0.39 is 5.91 Å². The Balaban J connectivity index is 2.50. The number of primary amides is 1. The quantitative estimate of drug-likeness (QED) is 0.753. The molecular weight excluding hydrogens is 206 g/mol. The third kappa shape index (κ3) is 1.72. The maximum atomic E-state index is 10.9. The van der Waals surface area contributed by atoms with Gasteiger partial charge in [-0.1, -0.05) is 0 Å². The minimum atomic E-state index is -0.530. The van der Waals surface area contributed by atoms with Gasteiger partial charge in [0.1, 0.15) is 0 Å². The molecule has 2 heterocycles. The van der Waals surface area contributed by atoms with Crippen molar-refractivity contribution in [3.8, 4) is 5.82 Å². The number of aromatic nitrogens is 3. The van der Waals surface area contributed by atoms with Gasteiger partial charge in [-0.25, -0.2) is 9.67 Å². The summed E-state index contributed by atoms with van der Waals surface area (Å²) in [5.41, 5.74) is 12.5. The second-order valence-corrected chi connectivity index (χ2v) is 3.40.